The van der Waals surface area contributed by atoms with Gasteiger partial charge in [0.15, 0.2) is 0 Å². The van der Waals surface area contributed by atoms with Crippen molar-refractivity contribution in [3.05, 3.63) is 46.3 Å². The Labute approximate surface area is 101 Å². The van der Waals surface area contributed by atoms with Gasteiger partial charge < -0.3 is 0 Å². The topological polar surface area (TPSA) is 0 Å². The highest BCUT2D eigenvalue weighted by atomic mass is 32.2. The molecule has 0 nitrogen and oxygen atoms in total. The second-order valence-corrected chi connectivity index (χ2v) is 6.02. The molecule has 0 aliphatic heterocycles. The zero-order chi connectivity index (χ0) is 10.3. The van der Waals surface area contributed by atoms with Crippen LogP contribution in [-0.2, 0) is 0 Å². The van der Waals surface area contributed by atoms with E-state index in [0.717, 1.165) is 12.8 Å². The number of hydrogen-bond donors (Lipinski definition) is 0. The molecule has 0 spiro atoms. The van der Waals surface area contributed by atoms with Gasteiger partial charge in [-0.3, -0.25) is 0 Å². The highest BCUT2D eigenvalue weighted by molar-refractivity contribution is 8.03. The van der Waals surface area contributed by atoms with E-state index >= 15 is 0 Å². The van der Waals surface area contributed by atoms with Crippen molar-refractivity contribution >= 4 is 23.5 Å². The number of rotatable bonds is 6. The predicted octanol–water partition coefficient (Wildman–Crippen LogP) is 4.53. The molecule has 0 aromatic heterocycles. The maximum absolute atomic E-state index is 2.24. The Morgan fingerprint density at radius 1 is 0.867 bits per heavy atom. The summed E-state index contributed by atoms with van der Waals surface area (Å²) in [7, 11) is 0. The molecule has 2 rings (SSSR count). The van der Waals surface area contributed by atoms with Crippen LogP contribution in [0.2, 0.25) is 0 Å². The van der Waals surface area contributed by atoms with Gasteiger partial charge in [0.05, 0.1) is 0 Å². The molecule has 2 aliphatic rings. The molecule has 0 saturated carbocycles. The van der Waals surface area contributed by atoms with Crippen LogP contribution in [0.15, 0.2) is 46.3 Å². The third kappa shape index (κ3) is 3.96. The molecule has 0 fully saturated rings. The summed E-state index contributed by atoms with van der Waals surface area (Å²) < 4.78 is 0. The minimum Gasteiger partial charge on any atom is -0.130 e. The molecule has 15 heavy (non-hydrogen) atoms. The minimum absolute atomic E-state index is 1.16. The first-order valence-electron chi connectivity index (χ1n) is 5.42. The molecule has 2 heteroatoms. The quantitative estimate of drug-likeness (QED) is 0.621. The zero-order valence-corrected chi connectivity index (χ0v) is 10.4. The van der Waals surface area contributed by atoms with Gasteiger partial charge in [0.1, 0.15) is 0 Å². The van der Waals surface area contributed by atoms with Gasteiger partial charge in [0.25, 0.3) is 0 Å². The summed E-state index contributed by atoms with van der Waals surface area (Å²) in [6, 6.07) is 0. The van der Waals surface area contributed by atoms with Crippen LogP contribution >= 0.6 is 23.5 Å². The molecular weight excluding hydrogens is 220 g/mol. The minimum atomic E-state index is 1.16. The highest BCUT2D eigenvalue weighted by Crippen LogP contribution is 2.27. The maximum atomic E-state index is 2.24. The molecule has 2 aliphatic carbocycles. The van der Waals surface area contributed by atoms with Crippen LogP contribution in [0.1, 0.15) is 19.3 Å². The zero-order valence-electron chi connectivity index (χ0n) is 8.82. The third-order valence-electron chi connectivity index (χ3n) is 2.34. The summed E-state index contributed by atoms with van der Waals surface area (Å²) in [5, 5.41) is 0. The average molecular weight is 236 g/mol. The fourth-order valence-corrected chi connectivity index (χ4v) is 3.60. The Morgan fingerprint density at radius 3 is 1.80 bits per heavy atom. The van der Waals surface area contributed by atoms with Gasteiger partial charge in [-0.05, 0) is 40.6 Å². The molecule has 0 unspecified atom stereocenters. The first-order chi connectivity index (χ1) is 7.45. The van der Waals surface area contributed by atoms with E-state index in [1.165, 1.54) is 27.7 Å². The Balaban J connectivity index is 1.48. The maximum Gasteiger partial charge on any atom is -0.00152 e. The van der Waals surface area contributed by atoms with Crippen LogP contribution < -0.4 is 0 Å². The van der Waals surface area contributed by atoms with Gasteiger partial charge in [0.2, 0.25) is 0 Å². The van der Waals surface area contributed by atoms with Gasteiger partial charge in [-0.1, -0.05) is 36.5 Å². The van der Waals surface area contributed by atoms with E-state index in [-0.39, 0.29) is 0 Å². The molecule has 0 aromatic carbocycles. The summed E-state index contributed by atoms with van der Waals surface area (Å²) in [5.74, 6) is 2.53. The summed E-state index contributed by atoms with van der Waals surface area (Å²) in [6.45, 7) is 0. The van der Waals surface area contributed by atoms with Gasteiger partial charge >= 0.3 is 0 Å². The Morgan fingerprint density at radius 2 is 1.40 bits per heavy atom. The van der Waals surface area contributed by atoms with Crippen molar-refractivity contribution in [2.75, 3.05) is 11.5 Å². The largest absolute Gasteiger partial charge is 0.130 e. The second-order valence-electron chi connectivity index (χ2n) is 3.58. The number of hydrogen-bond acceptors (Lipinski definition) is 2. The van der Waals surface area contributed by atoms with Gasteiger partial charge in [-0.2, -0.15) is 0 Å². The lowest BCUT2D eigenvalue weighted by Crippen LogP contribution is -1.85. The van der Waals surface area contributed by atoms with Crippen LogP contribution in [-0.4, -0.2) is 11.5 Å². The highest BCUT2D eigenvalue weighted by Gasteiger charge is 2.01. The van der Waals surface area contributed by atoms with E-state index in [1.807, 2.05) is 23.5 Å². The molecular formula is C13H16S2. The summed E-state index contributed by atoms with van der Waals surface area (Å²) >= 11 is 4.03. The average Bonchev–Trinajstić information content (AvgIpc) is 2.88. The van der Waals surface area contributed by atoms with Crippen LogP contribution in [0.25, 0.3) is 0 Å². The SMILES string of the molecule is C1=CCC(SCCCSC2=CC=CC2)=C1. The van der Waals surface area contributed by atoms with Crippen LogP contribution in [0.4, 0.5) is 0 Å². The van der Waals surface area contributed by atoms with Crippen molar-refractivity contribution in [1.82, 2.24) is 0 Å². The summed E-state index contributed by atoms with van der Waals surface area (Å²) in [4.78, 5) is 3.06. The number of thioether (sulfide) groups is 2. The molecule has 0 heterocycles. The predicted molar refractivity (Wildman–Crippen MR) is 73.2 cm³/mol. The fourth-order valence-electron chi connectivity index (χ4n) is 1.53. The van der Waals surface area contributed by atoms with Crippen LogP contribution in [0, 0.1) is 0 Å². The Bertz CT molecular complexity index is 289. The van der Waals surface area contributed by atoms with Crippen LogP contribution in [0.5, 0.6) is 0 Å². The Kier molecular flexibility index (Phi) is 4.68. The second kappa shape index (κ2) is 6.29. The molecule has 0 atom stereocenters. The Hall–Kier alpha value is -0.340. The van der Waals surface area contributed by atoms with Gasteiger partial charge in [-0.25, -0.2) is 0 Å². The van der Waals surface area contributed by atoms with Gasteiger partial charge in [-0.15, -0.1) is 23.5 Å². The molecule has 0 aromatic rings. The number of allylic oxidation sites excluding steroid dienone is 8. The van der Waals surface area contributed by atoms with E-state index in [0.29, 0.717) is 0 Å². The van der Waals surface area contributed by atoms with Crippen molar-refractivity contribution in [2.45, 2.75) is 19.3 Å². The molecule has 0 bridgehead atoms. The van der Waals surface area contributed by atoms with E-state index in [2.05, 4.69) is 36.5 Å². The third-order valence-corrected chi connectivity index (χ3v) is 4.67. The monoisotopic (exact) mass is 236 g/mol. The van der Waals surface area contributed by atoms with E-state index in [4.69, 9.17) is 0 Å². The standard InChI is InChI=1S/C13H16S2/c1-2-7-12(6-1)14-10-5-11-15-13-8-3-4-9-13/h1-4,6,8H,5,7,9-11H2. The lowest BCUT2D eigenvalue weighted by Gasteiger charge is -2.03. The first kappa shape index (κ1) is 11.2. The first-order valence-corrected chi connectivity index (χ1v) is 7.39. The molecule has 80 valence electrons. The summed E-state index contributed by atoms with van der Waals surface area (Å²) in [5.41, 5.74) is 0. The molecule has 0 saturated heterocycles. The molecule has 0 radical (unpaired) electrons. The lowest BCUT2D eigenvalue weighted by molar-refractivity contribution is 1.12. The smallest absolute Gasteiger partial charge is 0.00152 e. The lowest BCUT2D eigenvalue weighted by atomic mass is 10.5. The van der Waals surface area contributed by atoms with E-state index in [1.54, 1.807) is 0 Å². The fraction of sp³-hybridized carbons (Fsp3) is 0.385. The van der Waals surface area contributed by atoms with E-state index in [9.17, 15) is 0 Å². The van der Waals surface area contributed by atoms with Crippen molar-refractivity contribution < 1.29 is 0 Å². The molecule has 0 N–H and O–H groups in total. The van der Waals surface area contributed by atoms with Crippen molar-refractivity contribution in [3.63, 3.8) is 0 Å². The summed E-state index contributed by atoms with van der Waals surface area (Å²) in [6.07, 6.45) is 16.9. The van der Waals surface area contributed by atoms with Crippen molar-refractivity contribution in [1.29, 1.82) is 0 Å². The molecule has 0 amide bonds. The van der Waals surface area contributed by atoms with Gasteiger partial charge in [0, 0.05) is 0 Å². The normalized spacial score (nSPS) is 18.4. The van der Waals surface area contributed by atoms with E-state index < -0.39 is 0 Å². The van der Waals surface area contributed by atoms with Crippen LogP contribution in [0.3, 0.4) is 0 Å². The van der Waals surface area contributed by atoms with Crippen molar-refractivity contribution in [2.24, 2.45) is 0 Å². The van der Waals surface area contributed by atoms with Crippen molar-refractivity contribution in [3.8, 4) is 0 Å².